The molecule has 23 heavy (non-hydrogen) atoms. The van der Waals surface area contributed by atoms with Gasteiger partial charge in [0, 0.05) is 15.5 Å². The lowest BCUT2D eigenvalue weighted by molar-refractivity contribution is -0.139. The van der Waals surface area contributed by atoms with Crippen LogP contribution in [0.5, 0.6) is 0 Å². The maximum Gasteiger partial charge on any atom is 0.326 e. The first-order valence-corrected chi connectivity index (χ1v) is 9.26. The standard InChI is InChI=1S/C17H19NO3S2/c1-2-6-14(17(20)21)18-16(19)13-8-3-4-9-15(13)23-11-12-7-5-10-22-12/h3-5,7-10,14H,2,6,11H2,1H3,(H,18,19)(H,20,21). The lowest BCUT2D eigenvalue weighted by Crippen LogP contribution is -2.40. The van der Waals surface area contributed by atoms with Crippen molar-refractivity contribution in [2.24, 2.45) is 0 Å². The van der Waals surface area contributed by atoms with E-state index in [4.69, 9.17) is 0 Å². The lowest BCUT2D eigenvalue weighted by Gasteiger charge is -2.15. The maximum atomic E-state index is 12.4. The summed E-state index contributed by atoms with van der Waals surface area (Å²) in [6, 6.07) is 10.5. The fourth-order valence-corrected chi connectivity index (χ4v) is 3.93. The minimum atomic E-state index is -0.996. The first-order valence-electron chi connectivity index (χ1n) is 7.39. The molecule has 0 saturated heterocycles. The second-order valence-corrected chi connectivity index (χ2v) is 7.07. The normalized spacial score (nSPS) is 11.9. The number of aliphatic carboxylic acids is 1. The van der Waals surface area contributed by atoms with Crippen molar-refractivity contribution in [3.8, 4) is 0 Å². The van der Waals surface area contributed by atoms with Gasteiger partial charge in [-0.05, 0) is 30.0 Å². The minimum Gasteiger partial charge on any atom is -0.480 e. The predicted octanol–water partition coefficient (Wildman–Crippen LogP) is 4.02. The number of hydrogen-bond donors (Lipinski definition) is 2. The van der Waals surface area contributed by atoms with Crippen LogP contribution in [0.3, 0.4) is 0 Å². The van der Waals surface area contributed by atoms with Gasteiger partial charge in [-0.1, -0.05) is 31.5 Å². The highest BCUT2D eigenvalue weighted by atomic mass is 32.2. The molecule has 1 unspecified atom stereocenters. The van der Waals surface area contributed by atoms with E-state index in [-0.39, 0.29) is 5.91 Å². The Kier molecular flexibility index (Phi) is 6.67. The third-order valence-electron chi connectivity index (χ3n) is 3.26. The molecule has 0 bridgehead atoms. The number of thioether (sulfide) groups is 1. The second-order valence-electron chi connectivity index (χ2n) is 5.02. The molecule has 2 N–H and O–H groups in total. The largest absolute Gasteiger partial charge is 0.480 e. The van der Waals surface area contributed by atoms with Crippen LogP contribution in [0, 0.1) is 0 Å². The van der Waals surface area contributed by atoms with Gasteiger partial charge in [0.25, 0.3) is 5.91 Å². The molecule has 122 valence electrons. The van der Waals surface area contributed by atoms with E-state index < -0.39 is 12.0 Å². The highest BCUT2D eigenvalue weighted by Crippen LogP contribution is 2.28. The van der Waals surface area contributed by atoms with Gasteiger partial charge in [-0.25, -0.2) is 4.79 Å². The van der Waals surface area contributed by atoms with Gasteiger partial charge in [-0.15, -0.1) is 23.1 Å². The number of amides is 1. The van der Waals surface area contributed by atoms with E-state index in [1.165, 1.54) is 4.88 Å². The van der Waals surface area contributed by atoms with Crippen LogP contribution >= 0.6 is 23.1 Å². The summed E-state index contributed by atoms with van der Waals surface area (Å²) >= 11 is 3.26. The van der Waals surface area contributed by atoms with E-state index in [0.29, 0.717) is 18.4 Å². The molecule has 0 saturated carbocycles. The van der Waals surface area contributed by atoms with Crippen molar-refractivity contribution in [2.75, 3.05) is 0 Å². The van der Waals surface area contributed by atoms with E-state index in [1.807, 2.05) is 30.5 Å². The van der Waals surface area contributed by atoms with Crippen LogP contribution in [0.4, 0.5) is 0 Å². The summed E-state index contributed by atoms with van der Waals surface area (Å²) in [5.74, 6) is -0.539. The molecule has 0 fully saturated rings. The highest BCUT2D eigenvalue weighted by molar-refractivity contribution is 7.98. The molecular formula is C17H19NO3S2. The molecule has 4 nitrogen and oxygen atoms in total. The van der Waals surface area contributed by atoms with Crippen molar-refractivity contribution in [3.63, 3.8) is 0 Å². The summed E-state index contributed by atoms with van der Waals surface area (Å²) in [5, 5.41) is 13.8. The molecule has 2 rings (SSSR count). The van der Waals surface area contributed by atoms with Crippen molar-refractivity contribution in [1.82, 2.24) is 5.32 Å². The molecular weight excluding hydrogens is 330 g/mol. The predicted molar refractivity (Wildman–Crippen MR) is 94.1 cm³/mol. The molecule has 0 aliphatic heterocycles. The zero-order valence-corrected chi connectivity index (χ0v) is 14.5. The van der Waals surface area contributed by atoms with Crippen LogP contribution in [0.15, 0.2) is 46.7 Å². The molecule has 6 heteroatoms. The number of hydrogen-bond acceptors (Lipinski definition) is 4. The Morgan fingerprint density at radius 1 is 1.26 bits per heavy atom. The summed E-state index contributed by atoms with van der Waals surface area (Å²) in [6.07, 6.45) is 1.12. The number of carbonyl (C=O) groups is 2. The van der Waals surface area contributed by atoms with Gasteiger partial charge in [-0.2, -0.15) is 0 Å². The molecule has 0 aliphatic carbocycles. The molecule has 1 amide bonds. The van der Waals surface area contributed by atoms with Crippen molar-refractivity contribution in [1.29, 1.82) is 0 Å². The van der Waals surface area contributed by atoms with Crippen LogP contribution in [0.25, 0.3) is 0 Å². The summed E-state index contributed by atoms with van der Waals surface area (Å²) in [4.78, 5) is 25.7. The zero-order valence-electron chi connectivity index (χ0n) is 12.8. The highest BCUT2D eigenvalue weighted by Gasteiger charge is 2.21. The van der Waals surface area contributed by atoms with Gasteiger partial charge in [0.15, 0.2) is 0 Å². The number of carbonyl (C=O) groups excluding carboxylic acids is 1. The summed E-state index contributed by atoms with van der Waals surface area (Å²) in [6.45, 7) is 1.90. The number of nitrogens with one attached hydrogen (secondary N) is 1. The monoisotopic (exact) mass is 349 g/mol. The van der Waals surface area contributed by atoms with Crippen molar-refractivity contribution < 1.29 is 14.7 Å². The Hall–Kier alpha value is -1.79. The summed E-state index contributed by atoms with van der Waals surface area (Å²) < 4.78 is 0. The van der Waals surface area contributed by atoms with Crippen LogP contribution in [-0.2, 0) is 10.5 Å². The average Bonchev–Trinajstić information content (AvgIpc) is 3.06. The summed E-state index contributed by atoms with van der Waals surface area (Å²) in [7, 11) is 0. The quantitative estimate of drug-likeness (QED) is 0.706. The third kappa shape index (κ3) is 5.11. The Morgan fingerprint density at radius 3 is 2.70 bits per heavy atom. The number of benzene rings is 1. The Morgan fingerprint density at radius 2 is 2.04 bits per heavy atom. The van der Waals surface area contributed by atoms with E-state index in [9.17, 15) is 14.7 Å². The van der Waals surface area contributed by atoms with E-state index >= 15 is 0 Å². The smallest absolute Gasteiger partial charge is 0.326 e. The SMILES string of the molecule is CCCC(NC(=O)c1ccccc1SCc1cccs1)C(=O)O. The van der Waals surface area contributed by atoms with Gasteiger partial charge < -0.3 is 10.4 Å². The minimum absolute atomic E-state index is 0.333. The van der Waals surface area contributed by atoms with Gasteiger partial charge in [0.05, 0.1) is 5.56 Å². The lowest BCUT2D eigenvalue weighted by atomic mass is 10.1. The third-order valence-corrected chi connectivity index (χ3v) is 5.44. The molecule has 1 aromatic heterocycles. The molecule has 1 heterocycles. The number of carboxylic acid groups (broad SMARTS) is 1. The number of thiophene rings is 1. The fraction of sp³-hybridized carbons (Fsp3) is 0.294. The van der Waals surface area contributed by atoms with Crippen molar-refractivity contribution in [3.05, 3.63) is 52.2 Å². The molecule has 0 radical (unpaired) electrons. The van der Waals surface area contributed by atoms with Gasteiger partial charge in [-0.3, -0.25) is 4.79 Å². The van der Waals surface area contributed by atoms with E-state index in [2.05, 4.69) is 11.4 Å². The molecule has 0 aliphatic rings. The molecule has 0 spiro atoms. The van der Waals surface area contributed by atoms with Crippen LogP contribution < -0.4 is 5.32 Å². The van der Waals surface area contributed by atoms with Gasteiger partial charge in [0.1, 0.15) is 6.04 Å². The van der Waals surface area contributed by atoms with Crippen molar-refractivity contribution in [2.45, 2.75) is 36.5 Å². The van der Waals surface area contributed by atoms with Crippen LogP contribution in [0.2, 0.25) is 0 Å². The Bertz CT molecular complexity index is 656. The zero-order chi connectivity index (χ0) is 16.7. The van der Waals surface area contributed by atoms with Gasteiger partial charge >= 0.3 is 5.97 Å². The Labute approximate surface area is 143 Å². The number of carboxylic acids is 1. The van der Waals surface area contributed by atoms with Crippen LogP contribution in [0.1, 0.15) is 35.0 Å². The second kappa shape index (κ2) is 8.74. The van der Waals surface area contributed by atoms with Crippen LogP contribution in [-0.4, -0.2) is 23.0 Å². The van der Waals surface area contributed by atoms with E-state index in [0.717, 1.165) is 10.6 Å². The molecule has 2 aromatic rings. The average molecular weight is 349 g/mol. The topological polar surface area (TPSA) is 66.4 Å². The number of rotatable bonds is 8. The molecule has 1 atom stereocenters. The van der Waals surface area contributed by atoms with E-state index in [1.54, 1.807) is 35.2 Å². The first-order chi connectivity index (χ1) is 11.1. The maximum absolute atomic E-state index is 12.4. The van der Waals surface area contributed by atoms with Gasteiger partial charge in [0.2, 0.25) is 0 Å². The first kappa shape index (κ1) is 17.6. The Balaban J connectivity index is 2.08. The summed E-state index contributed by atoms with van der Waals surface area (Å²) in [5.41, 5.74) is 0.524. The van der Waals surface area contributed by atoms with Crippen molar-refractivity contribution >= 4 is 35.0 Å². The molecule has 1 aromatic carbocycles. The fourth-order valence-electron chi connectivity index (χ4n) is 2.11.